The zero-order valence-corrected chi connectivity index (χ0v) is 15.3. The van der Waals surface area contributed by atoms with Gasteiger partial charge in [0, 0.05) is 18.3 Å². The van der Waals surface area contributed by atoms with Gasteiger partial charge in [-0.2, -0.15) is 5.26 Å². The van der Waals surface area contributed by atoms with E-state index in [0.717, 1.165) is 18.5 Å². The van der Waals surface area contributed by atoms with Crippen LogP contribution in [0.15, 0.2) is 42.6 Å². The van der Waals surface area contributed by atoms with Crippen molar-refractivity contribution >= 4 is 11.2 Å². The third-order valence-corrected chi connectivity index (χ3v) is 3.74. The number of hydrogen-bond acceptors (Lipinski definition) is 6. The van der Waals surface area contributed by atoms with Gasteiger partial charge in [0.1, 0.15) is 5.52 Å². The lowest BCUT2D eigenvalue weighted by Crippen LogP contribution is -2.16. The minimum atomic E-state index is 0.412. The first-order valence-electron chi connectivity index (χ1n) is 8.58. The fourth-order valence-electron chi connectivity index (χ4n) is 2.37. The molecule has 1 aromatic carbocycles. The molecule has 2 heterocycles. The Hall–Kier alpha value is -3.48. The Balaban J connectivity index is 1.88. The fraction of sp³-hybridized carbons (Fsp3) is 0.238. The van der Waals surface area contributed by atoms with Crippen LogP contribution in [0.3, 0.4) is 0 Å². The predicted molar refractivity (Wildman–Crippen MR) is 103 cm³/mol. The van der Waals surface area contributed by atoms with Crippen LogP contribution in [-0.2, 0) is 0 Å². The molecule has 6 heteroatoms. The fourth-order valence-corrected chi connectivity index (χ4v) is 2.37. The van der Waals surface area contributed by atoms with Gasteiger partial charge in [-0.1, -0.05) is 5.92 Å². The molecule has 0 saturated carbocycles. The van der Waals surface area contributed by atoms with Gasteiger partial charge < -0.3 is 9.64 Å². The molecule has 27 heavy (non-hydrogen) atoms. The summed E-state index contributed by atoms with van der Waals surface area (Å²) in [4.78, 5) is 15.4. The molecule has 0 unspecified atom stereocenters. The second kappa shape index (κ2) is 8.75. The summed E-state index contributed by atoms with van der Waals surface area (Å²) < 4.78 is 5.85. The van der Waals surface area contributed by atoms with Crippen molar-refractivity contribution in [3.8, 4) is 23.8 Å². The second-order valence-electron chi connectivity index (χ2n) is 6.17. The molecule has 2 aromatic heterocycles. The number of rotatable bonds is 5. The van der Waals surface area contributed by atoms with Crippen LogP contribution in [0.25, 0.3) is 11.2 Å². The molecule has 0 amide bonds. The average Bonchev–Trinajstić information content (AvgIpc) is 2.69. The van der Waals surface area contributed by atoms with E-state index in [1.54, 1.807) is 30.5 Å². The smallest absolute Gasteiger partial charge is 0.249 e. The third-order valence-electron chi connectivity index (χ3n) is 3.74. The largest absolute Gasteiger partial charge is 0.476 e. The second-order valence-corrected chi connectivity index (χ2v) is 6.17. The van der Waals surface area contributed by atoms with E-state index >= 15 is 0 Å². The number of hydrogen-bond donors (Lipinski definition) is 0. The number of fused-ring (bicyclic) bond motifs is 1. The highest BCUT2D eigenvalue weighted by atomic mass is 16.5. The lowest BCUT2D eigenvalue weighted by molar-refractivity contribution is 0.272. The van der Waals surface area contributed by atoms with Gasteiger partial charge in [-0.05, 0) is 62.8 Å². The number of pyridine rings is 1. The molecular formula is C21H19N5O. The summed E-state index contributed by atoms with van der Waals surface area (Å²) in [5, 5.41) is 8.88. The van der Waals surface area contributed by atoms with Crippen molar-refractivity contribution in [3.05, 3.63) is 59.4 Å². The Morgan fingerprint density at radius 3 is 2.56 bits per heavy atom. The molecule has 0 aliphatic carbocycles. The molecule has 0 aliphatic rings. The van der Waals surface area contributed by atoms with Gasteiger partial charge in [-0.25, -0.2) is 15.0 Å². The monoisotopic (exact) mass is 357 g/mol. The van der Waals surface area contributed by atoms with Crippen LogP contribution in [0.4, 0.5) is 0 Å². The summed E-state index contributed by atoms with van der Waals surface area (Å²) in [6, 6.07) is 12.8. The highest BCUT2D eigenvalue weighted by Gasteiger charge is 2.09. The van der Waals surface area contributed by atoms with Crippen LogP contribution in [0.5, 0.6) is 5.88 Å². The standard InChI is InChI=1S/C21H19N5O/c1-26(2)13-4-14-27-21-19(24-20-18(25-21)5-3-12-23-20)11-10-16-6-8-17(15-22)9-7-16/h3,5-9,12H,4,13-14H2,1-2H3. The molecule has 0 fully saturated rings. The number of nitrogens with zero attached hydrogens (tertiary/aromatic N) is 5. The van der Waals surface area contributed by atoms with E-state index in [2.05, 4.69) is 37.8 Å². The zero-order chi connectivity index (χ0) is 19.1. The van der Waals surface area contributed by atoms with E-state index in [0.29, 0.717) is 34.9 Å². The summed E-state index contributed by atoms with van der Waals surface area (Å²) in [6.07, 6.45) is 2.55. The third kappa shape index (κ3) is 5.01. The quantitative estimate of drug-likeness (QED) is 0.516. The highest BCUT2D eigenvalue weighted by molar-refractivity contribution is 5.71. The van der Waals surface area contributed by atoms with E-state index in [4.69, 9.17) is 10.00 Å². The van der Waals surface area contributed by atoms with Gasteiger partial charge in [-0.15, -0.1) is 0 Å². The molecule has 0 spiro atoms. The number of ether oxygens (including phenoxy) is 1. The molecule has 6 nitrogen and oxygen atoms in total. The van der Waals surface area contributed by atoms with Gasteiger partial charge in [0.25, 0.3) is 0 Å². The lowest BCUT2D eigenvalue weighted by Gasteiger charge is -2.10. The maximum atomic E-state index is 8.88. The predicted octanol–water partition coefficient (Wildman–Crippen LogP) is 2.63. The highest BCUT2D eigenvalue weighted by Crippen LogP contribution is 2.17. The molecule has 3 rings (SSSR count). The van der Waals surface area contributed by atoms with Gasteiger partial charge in [0.15, 0.2) is 11.3 Å². The topological polar surface area (TPSA) is 74.9 Å². The Morgan fingerprint density at radius 2 is 1.81 bits per heavy atom. The molecule has 0 N–H and O–H groups in total. The Labute approximate surface area is 158 Å². The Bertz CT molecular complexity index is 1030. The van der Waals surface area contributed by atoms with Crippen LogP contribution < -0.4 is 4.74 Å². The van der Waals surface area contributed by atoms with Crippen molar-refractivity contribution in [1.29, 1.82) is 5.26 Å². The summed E-state index contributed by atoms with van der Waals surface area (Å²) in [5.41, 5.74) is 3.04. The SMILES string of the molecule is CN(C)CCCOc1nc2cccnc2nc1C#Cc1ccc(C#N)cc1. The normalized spacial score (nSPS) is 10.3. The first kappa shape index (κ1) is 18.3. The molecule has 0 radical (unpaired) electrons. The average molecular weight is 357 g/mol. The van der Waals surface area contributed by atoms with E-state index in [1.807, 2.05) is 26.2 Å². The molecule has 0 atom stereocenters. The molecule has 0 aliphatic heterocycles. The van der Waals surface area contributed by atoms with Crippen molar-refractivity contribution in [1.82, 2.24) is 19.9 Å². The van der Waals surface area contributed by atoms with Crippen LogP contribution >= 0.6 is 0 Å². The maximum Gasteiger partial charge on any atom is 0.249 e. The van der Waals surface area contributed by atoms with E-state index < -0.39 is 0 Å². The van der Waals surface area contributed by atoms with Crippen LogP contribution in [0.1, 0.15) is 23.2 Å². The number of benzene rings is 1. The van der Waals surface area contributed by atoms with E-state index in [-0.39, 0.29) is 0 Å². The van der Waals surface area contributed by atoms with Crippen LogP contribution in [-0.4, -0.2) is 47.1 Å². The summed E-state index contributed by atoms with van der Waals surface area (Å²) in [5.74, 6) is 6.49. The van der Waals surface area contributed by atoms with Gasteiger partial charge >= 0.3 is 0 Å². The molecule has 0 bridgehead atoms. The van der Waals surface area contributed by atoms with Gasteiger partial charge in [0.2, 0.25) is 5.88 Å². The van der Waals surface area contributed by atoms with Crippen molar-refractivity contribution in [2.75, 3.05) is 27.2 Å². The molecular weight excluding hydrogens is 338 g/mol. The minimum Gasteiger partial charge on any atom is -0.476 e. The molecule has 134 valence electrons. The Kier molecular flexibility index (Phi) is 5.94. The van der Waals surface area contributed by atoms with Crippen LogP contribution in [0.2, 0.25) is 0 Å². The Morgan fingerprint density at radius 1 is 1.04 bits per heavy atom. The van der Waals surface area contributed by atoms with Crippen molar-refractivity contribution in [3.63, 3.8) is 0 Å². The number of aromatic nitrogens is 3. The number of nitriles is 1. The lowest BCUT2D eigenvalue weighted by atomic mass is 10.1. The first-order chi connectivity index (χ1) is 13.2. The zero-order valence-electron chi connectivity index (χ0n) is 15.3. The van der Waals surface area contributed by atoms with E-state index in [9.17, 15) is 0 Å². The summed E-state index contributed by atoms with van der Waals surface area (Å²) in [7, 11) is 4.05. The first-order valence-corrected chi connectivity index (χ1v) is 8.58. The van der Waals surface area contributed by atoms with Crippen molar-refractivity contribution in [2.45, 2.75) is 6.42 Å². The van der Waals surface area contributed by atoms with Crippen LogP contribution in [0, 0.1) is 23.2 Å². The maximum absolute atomic E-state index is 8.88. The molecule has 0 saturated heterocycles. The summed E-state index contributed by atoms with van der Waals surface area (Å²) in [6.45, 7) is 1.46. The van der Waals surface area contributed by atoms with Crippen molar-refractivity contribution < 1.29 is 4.74 Å². The minimum absolute atomic E-state index is 0.412. The van der Waals surface area contributed by atoms with Gasteiger partial charge in [0.05, 0.1) is 18.2 Å². The summed E-state index contributed by atoms with van der Waals surface area (Å²) >= 11 is 0. The van der Waals surface area contributed by atoms with Gasteiger partial charge in [-0.3, -0.25) is 0 Å². The molecule has 3 aromatic rings. The van der Waals surface area contributed by atoms with E-state index in [1.165, 1.54) is 0 Å². The van der Waals surface area contributed by atoms with Crippen molar-refractivity contribution in [2.24, 2.45) is 0 Å².